The normalized spacial score (nSPS) is 30.8. The van der Waals surface area contributed by atoms with E-state index in [1.165, 1.54) is 6.07 Å². The molecule has 0 unspecified atom stereocenters. The van der Waals surface area contributed by atoms with Crippen molar-refractivity contribution in [1.29, 1.82) is 0 Å². The lowest BCUT2D eigenvalue weighted by atomic mass is 9.51. The minimum absolute atomic E-state index is 0.0560. The molecule has 2 aromatic carbocycles. The molecule has 190 valence electrons. The second kappa shape index (κ2) is 7.89. The second-order valence-corrected chi connectivity index (χ2v) is 10.9. The number of allylic oxidation sites excluding steroid dienone is 1. The minimum atomic E-state index is -1.42. The molecule has 0 radical (unpaired) electrons. The number of aromatic hydroxyl groups is 1. The van der Waals surface area contributed by atoms with Gasteiger partial charge in [-0.3, -0.25) is 9.59 Å². The van der Waals surface area contributed by atoms with Gasteiger partial charge in [0, 0.05) is 23.8 Å². The van der Waals surface area contributed by atoms with Crippen LogP contribution in [0.2, 0.25) is 0 Å². The van der Waals surface area contributed by atoms with Crippen LogP contribution in [0.3, 0.4) is 0 Å². The van der Waals surface area contributed by atoms with Crippen LogP contribution in [0, 0.1) is 11.8 Å². The molecule has 7 heteroatoms. The number of rotatable bonds is 5. The Morgan fingerprint density at radius 2 is 1.89 bits per heavy atom. The van der Waals surface area contributed by atoms with Gasteiger partial charge in [-0.25, -0.2) is 4.79 Å². The Bertz CT molecular complexity index is 1400. The molecular formula is C30H28O7. The number of carbonyl (C=O) groups is 3. The highest BCUT2D eigenvalue weighted by Gasteiger charge is 2.81. The molecule has 1 saturated heterocycles. The molecule has 37 heavy (non-hydrogen) atoms. The molecule has 2 fully saturated rings. The quantitative estimate of drug-likeness (QED) is 0.473. The van der Waals surface area contributed by atoms with Gasteiger partial charge in [-0.2, -0.15) is 0 Å². The highest BCUT2D eigenvalue weighted by Crippen LogP contribution is 2.67. The number of ether oxygens (including phenoxy) is 3. The van der Waals surface area contributed by atoms with Gasteiger partial charge in [-0.05, 0) is 57.0 Å². The Balaban J connectivity index is 1.37. The molecule has 4 bridgehead atoms. The van der Waals surface area contributed by atoms with Crippen molar-refractivity contribution >= 4 is 17.5 Å². The summed E-state index contributed by atoms with van der Waals surface area (Å²) >= 11 is 0. The maximum Gasteiger partial charge on any atom is 0.338 e. The zero-order valence-electron chi connectivity index (χ0n) is 20.9. The molecule has 1 saturated carbocycles. The van der Waals surface area contributed by atoms with Crippen molar-refractivity contribution in [1.82, 2.24) is 0 Å². The maximum atomic E-state index is 13.9. The number of benzene rings is 2. The summed E-state index contributed by atoms with van der Waals surface area (Å²) in [5, 5.41) is 10.4. The standard InChI is InChI=1S/C30H28O7/c1-17(16-35-27(34)18-8-5-4-6-9-18)12-13-29-26(33)19-14-20-25(32)24-21(31)10-7-11-22(24)36-30(20,29)23(15-19)28(2,3)37-29/h4-12,14,19,23,31H,13,15-16H2,1-3H3/b17-12-/t19-,23+,29+,30-/m1/s1. The van der Waals surface area contributed by atoms with Crippen molar-refractivity contribution in [2.24, 2.45) is 11.8 Å². The van der Waals surface area contributed by atoms with Gasteiger partial charge < -0.3 is 19.3 Å². The predicted molar refractivity (Wildman–Crippen MR) is 133 cm³/mol. The minimum Gasteiger partial charge on any atom is -0.507 e. The molecule has 1 N–H and O–H groups in total. The van der Waals surface area contributed by atoms with Crippen LogP contribution < -0.4 is 4.74 Å². The Morgan fingerprint density at radius 1 is 1.14 bits per heavy atom. The number of phenols is 1. The number of ketones is 2. The third kappa shape index (κ3) is 3.13. The highest BCUT2D eigenvalue weighted by atomic mass is 16.6. The van der Waals surface area contributed by atoms with Crippen molar-refractivity contribution < 1.29 is 33.7 Å². The van der Waals surface area contributed by atoms with Crippen LogP contribution in [0.5, 0.6) is 11.5 Å². The van der Waals surface area contributed by atoms with Crippen LogP contribution in [0.25, 0.3) is 0 Å². The van der Waals surface area contributed by atoms with Gasteiger partial charge in [-0.1, -0.05) is 36.4 Å². The van der Waals surface area contributed by atoms with E-state index in [4.69, 9.17) is 14.2 Å². The van der Waals surface area contributed by atoms with E-state index in [2.05, 4.69) is 0 Å². The highest BCUT2D eigenvalue weighted by molar-refractivity contribution is 6.18. The first-order valence-corrected chi connectivity index (χ1v) is 12.5. The average Bonchev–Trinajstić information content (AvgIpc) is 3.03. The van der Waals surface area contributed by atoms with Crippen molar-refractivity contribution in [3.63, 3.8) is 0 Å². The first kappa shape index (κ1) is 23.7. The Hall–Kier alpha value is -3.71. The summed E-state index contributed by atoms with van der Waals surface area (Å²) in [6, 6.07) is 13.5. The monoisotopic (exact) mass is 500 g/mol. The van der Waals surface area contributed by atoms with Crippen LogP contribution in [0.15, 0.2) is 71.8 Å². The summed E-state index contributed by atoms with van der Waals surface area (Å²) in [6.07, 6.45) is 4.25. The molecule has 2 aromatic rings. The van der Waals surface area contributed by atoms with Crippen molar-refractivity contribution in [2.45, 2.75) is 50.4 Å². The maximum absolute atomic E-state index is 13.9. The zero-order chi connectivity index (χ0) is 26.2. The summed E-state index contributed by atoms with van der Waals surface area (Å²) < 4.78 is 18.7. The summed E-state index contributed by atoms with van der Waals surface area (Å²) in [5.41, 5.74) is -1.75. The van der Waals surface area contributed by atoms with E-state index < -0.39 is 28.7 Å². The third-order valence-corrected chi connectivity index (χ3v) is 8.28. The molecule has 0 aromatic heterocycles. The fourth-order valence-electron chi connectivity index (χ4n) is 6.69. The van der Waals surface area contributed by atoms with Gasteiger partial charge >= 0.3 is 5.97 Å². The molecule has 7 rings (SSSR count). The number of fused-ring (bicyclic) bond motifs is 1. The first-order chi connectivity index (χ1) is 17.6. The number of phenolic OH excluding ortho intramolecular Hbond substituents is 1. The van der Waals surface area contributed by atoms with E-state index in [9.17, 15) is 19.5 Å². The third-order valence-electron chi connectivity index (χ3n) is 8.28. The van der Waals surface area contributed by atoms with E-state index in [-0.39, 0.29) is 47.6 Å². The summed E-state index contributed by atoms with van der Waals surface area (Å²) in [5.74, 6) is -1.49. The average molecular weight is 501 g/mol. The van der Waals surface area contributed by atoms with E-state index in [0.29, 0.717) is 17.6 Å². The molecule has 7 nitrogen and oxygen atoms in total. The van der Waals surface area contributed by atoms with E-state index >= 15 is 0 Å². The molecule has 0 amide bonds. The Kier molecular flexibility index (Phi) is 5.05. The zero-order valence-corrected chi connectivity index (χ0v) is 20.9. The van der Waals surface area contributed by atoms with Crippen LogP contribution in [-0.4, -0.2) is 46.1 Å². The number of Topliss-reactive ketones (excluding diaryl/α,β-unsaturated/α-hetero) is 2. The van der Waals surface area contributed by atoms with Gasteiger partial charge in [0.2, 0.25) is 0 Å². The topological polar surface area (TPSA) is 99.1 Å². The fourth-order valence-corrected chi connectivity index (χ4v) is 6.69. The van der Waals surface area contributed by atoms with E-state index in [1.54, 1.807) is 42.5 Å². The number of hydrogen-bond donors (Lipinski definition) is 1. The van der Waals surface area contributed by atoms with Gasteiger partial charge in [0.1, 0.15) is 23.7 Å². The molecule has 2 heterocycles. The van der Waals surface area contributed by atoms with Gasteiger partial charge in [0.25, 0.3) is 0 Å². The van der Waals surface area contributed by atoms with Gasteiger partial charge in [0.05, 0.1) is 11.2 Å². The van der Waals surface area contributed by atoms with Crippen molar-refractivity contribution in [3.8, 4) is 11.5 Å². The van der Waals surface area contributed by atoms with E-state index in [1.807, 2.05) is 32.9 Å². The van der Waals surface area contributed by atoms with Gasteiger partial charge in [-0.15, -0.1) is 0 Å². The number of esters is 1. The predicted octanol–water partition coefficient (Wildman–Crippen LogP) is 4.59. The molecule has 5 aliphatic rings. The van der Waals surface area contributed by atoms with Crippen LogP contribution >= 0.6 is 0 Å². The molecule has 1 spiro atoms. The number of carbonyl (C=O) groups excluding carboxylic acids is 3. The summed E-state index contributed by atoms with van der Waals surface area (Å²) in [4.78, 5) is 40.0. The molecule has 3 aliphatic carbocycles. The lowest BCUT2D eigenvalue weighted by Gasteiger charge is -2.56. The summed E-state index contributed by atoms with van der Waals surface area (Å²) in [6.45, 7) is 5.75. The van der Waals surface area contributed by atoms with Crippen LogP contribution in [0.4, 0.5) is 0 Å². The first-order valence-electron chi connectivity index (χ1n) is 12.5. The molecule has 2 aliphatic heterocycles. The SMILES string of the molecule is C/C(=C/C[C@@]12OC(C)(C)[C@@H]3C[C@@H](C=C4C(=O)c5c(O)cccc5O[C@]431)C2=O)COC(=O)c1ccccc1. The van der Waals surface area contributed by atoms with Gasteiger partial charge in [0.15, 0.2) is 22.8 Å². The summed E-state index contributed by atoms with van der Waals surface area (Å²) in [7, 11) is 0. The Morgan fingerprint density at radius 3 is 2.65 bits per heavy atom. The van der Waals surface area contributed by atoms with Crippen molar-refractivity contribution in [3.05, 3.63) is 83.0 Å². The van der Waals surface area contributed by atoms with Crippen LogP contribution in [-0.2, 0) is 14.3 Å². The Labute approximate surface area is 214 Å². The van der Waals surface area contributed by atoms with Crippen molar-refractivity contribution in [2.75, 3.05) is 6.61 Å². The smallest absolute Gasteiger partial charge is 0.338 e. The second-order valence-electron chi connectivity index (χ2n) is 10.9. The fraction of sp³-hybridized carbons (Fsp3) is 0.367. The number of hydrogen-bond acceptors (Lipinski definition) is 7. The lowest BCUT2D eigenvalue weighted by Crippen LogP contribution is -2.72. The molecular weight excluding hydrogens is 472 g/mol. The van der Waals surface area contributed by atoms with Crippen LogP contribution in [0.1, 0.15) is 54.3 Å². The largest absolute Gasteiger partial charge is 0.507 e. The molecule has 4 atom stereocenters. The van der Waals surface area contributed by atoms with E-state index in [0.717, 1.165) is 5.57 Å². The lowest BCUT2D eigenvalue weighted by molar-refractivity contribution is -0.171.